The summed E-state index contributed by atoms with van der Waals surface area (Å²) in [4.78, 5) is 0. The topological polar surface area (TPSA) is 18.5 Å². The van der Waals surface area contributed by atoms with Gasteiger partial charge in [0, 0.05) is 49.3 Å². The van der Waals surface area contributed by atoms with Crippen molar-refractivity contribution in [2.24, 2.45) is 23.7 Å². The molecule has 0 N–H and O–H groups in total. The van der Waals surface area contributed by atoms with Crippen LogP contribution in [0.4, 0.5) is 17.6 Å². The van der Waals surface area contributed by atoms with Gasteiger partial charge in [-0.25, -0.2) is 0 Å². The molecule has 0 aromatic heterocycles. The van der Waals surface area contributed by atoms with E-state index in [1.807, 2.05) is 42.8 Å². The fraction of sp³-hybridized carbons (Fsp3) is 0.432. The predicted octanol–water partition coefficient (Wildman–Crippen LogP) is 10.5. The van der Waals surface area contributed by atoms with E-state index in [9.17, 15) is 0 Å². The van der Waals surface area contributed by atoms with Crippen molar-refractivity contribution >= 4 is 21.5 Å². The number of rotatable bonds is 4. The predicted molar refractivity (Wildman–Crippen MR) is 163 cm³/mol. The summed E-state index contributed by atoms with van der Waals surface area (Å²) < 4.78 is 74.2. The van der Waals surface area contributed by atoms with Gasteiger partial charge >= 0.3 is 11.8 Å². The molecule has 2 fully saturated rings. The molecule has 2 aliphatic carbocycles. The van der Waals surface area contributed by atoms with Crippen LogP contribution >= 0.6 is 0 Å². The van der Waals surface area contributed by atoms with Crippen LogP contribution in [0.5, 0.6) is 11.5 Å². The SMILES string of the molecule is FC(F)(C1CC[CH-]CC1)C(F)(F)C1CCC(C2COc3ccc4ccccc4c3-c3c(ccc4ccccc34)OC2)CC1.[Re]. The second-order valence-corrected chi connectivity index (χ2v) is 12.7. The maximum atomic E-state index is 15.4. The first-order valence-corrected chi connectivity index (χ1v) is 15.7. The molecule has 1 heterocycles. The molecule has 233 valence electrons. The van der Waals surface area contributed by atoms with Crippen molar-refractivity contribution in [2.45, 2.75) is 63.2 Å². The van der Waals surface area contributed by atoms with Crippen molar-refractivity contribution in [1.82, 2.24) is 0 Å². The molecule has 2 saturated carbocycles. The summed E-state index contributed by atoms with van der Waals surface area (Å²) in [6, 6.07) is 24.6. The van der Waals surface area contributed by atoms with Crippen molar-refractivity contribution in [3.05, 3.63) is 79.2 Å². The summed E-state index contributed by atoms with van der Waals surface area (Å²) in [7, 11) is 0. The maximum absolute atomic E-state index is 15.4. The molecule has 44 heavy (non-hydrogen) atoms. The van der Waals surface area contributed by atoms with Crippen LogP contribution in [0.15, 0.2) is 72.8 Å². The molecule has 2 nitrogen and oxygen atoms in total. The molecule has 4 aromatic rings. The van der Waals surface area contributed by atoms with E-state index in [1.54, 1.807) is 0 Å². The van der Waals surface area contributed by atoms with Crippen LogP contribution in [0, 0.1) is 30.1 Å². The normalized spacial score (nSPS) is 22.0. The van der Waals surface area contributed by atoms with E-state index >= 15 is 17.6 Å². The molecule has 7 rings (SSSR count). The van der Waals surface area contributed by atoms with E-state index in [2.05, 4.69) is 36.4 Å². The summed E-state index contributed by atoms with van der Waals surface area (Å²) in [6.07, 6.45) is 4.29. The number of benzene rings is 4. The summed E-state index contributed by atoms with van der Waals surface area (Å²) in [5.41, 5.74) is 1.97. The largest absolute Gasteiger partial charge is 0.492 e. The zero-order chi connectivity index (χ0) is 29.6. The number of fused-ring (bicyclic) bond motifs is 7. The average Bonchev–Trinajstić information content (AvgIpc) is 3.13. The molecule has 3 aliphatic rings. The molecule has 1 radical (unpaired) electrons. The fourth-order valence-electron chi connectivity index (χ4n) is 7.76. The molecule has 4 aromatic carbocycles. The Bertz CT molecular complexity index is 1520. The Kier molecular flexibility index (Phi) is 9.01. The van der Waals surface area contributed by atoms with Crippen LogP contribution in [0.1, 0.15) is 51.4 Å². The van der Waals surface area contributed by atoms with Crippen molar-refractivity contribution in [3.63, 3.8) is 0 Å². The Labute approximate surface area is 270 Å². The van der Waals surface area contributed by atoms with Crippen LogP contribution in [0.2, 0.25) is 0 Å². The van der Waals surface area contributed by atoms with E-state index in [0.29, 0.717) is 38.9 Å². The van der Waals surface area contributed by atoms with E-state index in [1.165, 1.54) is 0 Å². The minimum Gasteiger partial charge on any atom is -0.492 e. The van der Waals surface area contributed by atoms with Gasteiger partial charge in [-0.2, -0.15) is 30.4 Å². The second-order valence-electron chi connectivity index (χ2n) is 12.7. The van der Waals surface area contributed by atoms with Crippen LogP contribution < -0.4 is 9.47 Å². The molecule has 0 saturated heterocycles. The third-order valence-electron chi connectivity index (χ3n) is 10.3. The van der Waals surface area contributed by atoms with Crippen molar-refractivity contribution in [3.8, 4) is 22.6 Å². The van der Waals surface area contributed by atoms with E-state index in [4.69, 9.17) is 9.47 Å². The third-order valence-corrected chi connectivity index (χ3v) is 10.3. The van der Waals surface area contributed by atoms with Gasteiger partial charge in [-0.1, -0.05) is 73.5 Å². The minimum atomic E-state index is -3.99. The first kappa shape index (κ1) is 31.4. The average molecular weight is 776 g/mol. The number of halogens is 4. The summed E-state index contributed by atoms with van der Waals surface area (Å²) in [6.45, 7) is 0.745. The van der Waals surface area contributed by atoms with Gasteiger partial charge in [-0.3, -0.25) is 0 Å². The van der Waals surface area contributed by atoms with Gasteiger partial charge in [-0.15, -0.1) is 0 Å². The van der Waals surface area contributed by atoms with Gasteiger partial charge in [0.25, 0.3) is 0 Å². The summed E-state index contributed by atoms with van der Waals surface area (Å²) in [5.74, 6) is -8.99. The second kappa shape index (κ2) is 12.6. The molecule has 0 amide bonds. The first-order chi connectivity index (χ1) is 20.8. The smallest absolute Gasteiger partial charge is 0.313 e. The number of hydrogen-bond acceptors (Lipinski definition) is 2. The molecular weight excluding hydrogens is 739 g/mol. The van der Waals surface area contributed by atoms with Crippen LogP contribution in [0.25, 0.3) is 32.7 Å². The number of alkyl halides is 4. The summed E-state index contributed by atoms with van der Waals surface area (Å²) >= 11 is 0. The third kappa shape index (κ3) is 5.53. The van der Waals surface area contributed by atoms with E-state index in [0.717, 1.165) is 44.2 Å². The Morgan fingerprint density at radius 1 is 0.545 bits per heavy atom. The molecule has 7 heteroatoms. The van der Waals surface area contributed by atoms with Gasteiger partial charge in [0.1, 0.15) is 11.5 Å². The molecule has 1 aliphatic heterocycles. The van der Waals surface area contributed by atoms with E-state index < -0.39 is 23.7 Å². The Morgan fingerprint density at radius 3 is 1.50 bits per heavy atom. The van der Waals surface area contributed by atoms with Crippen molar-refractivity contribution < 1.29 is 47.5 Å². The van der Waals surface area contributed by atoms with E-state index in [-0.39, 0.29) is 57.9 Å². The minimum absolute atomic E-state index is 0. The van der Waals surface area contributed by atoms with Crippen LogP contribution in [-0.2, 0) is 20.4 Å². The molecule has 0 bridgehead atoms. The van der Waals surface area contributed by atoms with Crippen molar-refractivity contribution in [2.75, 3.05) is 13.2 Å². The van der Waals surface area contributed by atoms with Gasteiger partial charge < -0.3 is 15.9 Å². The zero-order valence-corrected chi connectivity index (χ0v) is 27.3. The molecular formula is C37H37F4O2Re-. The van der Waals surface area contributed by atoms with Gasteiger partial charge in [-0.05, 0) is 65.3 Å². The van der Waals surface area contributed by atoms with Crippen LogP contribution in [-0.4, -0.2) is 25.1 Å². The summed E-state index contributed by atoms with van der Waals surface area (Å²) in [5, 5.41) is 4.34. The first-order valence-electron chi connectivity index (χ1n) is 15.7. The van der Waals surface area contributed by atoms with Gasteiger partial charge in [0.2, 0.25) is 0 Å². The Hall–Kier alpha value is -2.62. The maximum Gasteiger partial charge on any atom is 0.313 e. The molecule has 0 unspecified atom stereocenters. The van der Waals surface area contributed by atoms with Crippen molar-refractivity contribution in [1.29, 1.82) is 0 Å². The Balaban J connectivity index is 0.00000343. The number of hydrogen-bond donors (Lipinski definition) is 0. The number of ether oxygens (including phenoxy) is 2. The standard InChI is InChI=1S/C37H37F4O2.Re/c38-36(39,28-10-2-1-3-11-28)37(40,41)29-18-14-24(15-19-29)27-22-42-32-20-16-25-8-4-6-12-30(25)34(32)35-31-13-7-5-9-26(31)17-21-33(35)43-23-27;/h1,4-9,12-13,16-17,20-21,24,27-29H,2-3,10-11,14-15,18-19,22-23H2;/q-1;. The van der Waals surface area contributed by atoms with Crippen LogP contribution in [0.3, 0.4) is 0 Å². The quantitative estimate of drug-likeness (QED) is 0.152. The monoisotopic (exact) mass is 776 g/mol. The van der Waals surface area contributed by atoms with Gasteiger partial charge in [0.15, 0.2) is 0 Å². The molecule has 0 atom stereocenters. The fourth-order valence-corrected chi connectivity index (χ4v) is 7.76. The van der Waals surface area contributed by atoms with Gasteiger partial charge in [0.05, 0.1) is 13.2 Å². The molecule has 0 spiro atoms. The zero-order valence-electron chi connectivity index (χ0n) is 24.6. The Morgan fingerprint density at radius 2 is 1.00 bits per heavy atom.